The van der Waals surface area contributed by atoms with E-state index in [9.17, 15) is 22.1 Å². The lowest BCUT2D eigenvalue weighted by atomic mass is 10.7. The number of halogens is 5. The van der Waals surface area contributed by atoms with Gasteiger partial charge >= 0.3 is 12.5 Å². The molecule has 0 bridgehead atoms. The van der Waals surface area contributed by atoms with Crippen molar-refractivity contribution in [2.45, 2.75) is 12.5 Å². The second-order valence-electron chi connectivity index (χ2n) is 0.947. The van der Waals surface area contributed by atoms with Gasteiger partial charge in [0.1, 0.15) is 0 Å². The van der Waals surface area contributed by atoms with E-state index in [1.54, 1.807) is 0 Å². The summed E-state index contributed by atoms with van der Waals surface area (Å²) in [6, 6.07) is 0. The van der Waals surface area contributed by atoms with E-state index < -0.39 is 12.5 Å². The third-order valence-corrected chi connectivity index (χ3v) is 0.336. The van der Waals surface area contributed by atoms with Crippen molar-refractivity contribution in [3.63, 3.8) is 0 Å². The smallest absolute Gasteiger partial charge is 0.202 e. The minimum atomic E-state index is -5.26. The van der Waals surface area contributed by atoms with E-state index in [0.717, 1.165) is 0 Å². The van der Waals surface area contributed by atoms with Gasteiger partial charge in [0.15, 0.2) is 0 Å². The highest BCUT2D eigenvalue weighted by Gasteiger charge is 2.42. The van der Waals surface area contributed by atoms with E-state index in [2.05, 4.69) is 0 Å². The zero-order valence-corrected chi connectivity index (χ0v) is 3.38. The second-order valence-corrected chi connectivity index (χ2v) is 0.947. The van der Waals surface area contributed by atoms with Crippen molar-refractivity contribution in [1.82, 2.24) is 0 Å². The Morgan fingerprint density at radius 3 is 1.62 bits per heavy atom. The standard InChI is InChI=1S/C2HF5O/c3-1(8-7)2(4,5)6/h1H. The number of hydrogen-bond donors (Lipinski definition) is 0. The van der Waals surface area contributed by atoms with Gasteiger partial charge in [0.2, 0.25) is 0 Å². The van der Waals surface area contributed by atoms with Gasteiger partial charge in [-0.15, -0.1) is 4.94 Å². The molecule has 0 aliphatic heterocycles. The summed E-state index contributed by atoms with van der Waals surface area (Å²) in [6.07, 6.45) is -9.07. The van der Waals surface area contributed by atoms with E-state index >= 15 is 0 Å². The fourth-order valence-electron chi connectivity index (χ4n) is 0.0505. The Bertz CT molecular complexity index is 67.3. The number of rotatable bonds is 1. The van der Waals surface area contributed by atoms with Crippen molar-refractivity contribution in [1.29, 1.82) is 0 Å². The lowest BCUT2D eigenvalue weighted by molar-refractivity contribution is -0.336. The maximum absolute atomic E-state index is 10.9. The molecule has 1 atom stereocenters. The summed E-state index contributed by atoms with van der Waals surface area (Å²) in [7, 11) is 0. The first-order valence-corrected chi connectivity index (χ1v) is 1.46. The molecule has 0 fully saturated rings. The van der Waals surface area contributed by atoms with Crippen LogP contribution in [0.2, 0.25) is 0 Å². The third kappa shape index (κ3) is 2.06. The van der Waals surface area contributed by atoms with Gasteiger partial charge in [-0.2, -0.15) is 13.2 Å². The van der Waals surface area contributed by atoms with Gasteiger partial charge in [0.25, 0.3) is 0 Å². The molecule has 50 valence electrons. The lowest BCUT2D eigenvalue weighted by Gasteiger charge is -2.04. The van der Waals surface area contributed by atoms with E-state index in [-0.39, 0.29) is 0 Å². The molecule has 0 aromatic heterocycles. The van der Waals surface area contributed by atoms with Crippen LogP contribution in [0.1, 0.15) is 0 Å². The fraction of sp³-hybridized carbons (Fsp3) is 1.00. The molecular weight excluding hydrogens is 135 g/mol. The molecule has 0 rings (SSSR count). The molecule has 0 heterocycles. The Hall–Kier alpha value is -0.390. The highest BCUT2D eigenvalue weighted by Crippen LogP contribution is 2.23. The molecule has 8 heavy (non-hydrogen) atoms. The molecule has 6 heteroatoms. The van der Waals surface area contributed by atoms with Crippen LogP contribution in [0.3, 0.4) is 0 Å². The van der Waals surface area contributed by atoms with Gasteiger partial charge in [0.05, 0.1) is 0 Å². The molecule has 0 aliphatic rings. The van der Waals surface area contributed by atoms with Gasteiger partial charge < -0.3 is 0 Å². The summed E-state index contributed by atoms with van der Waals surface area (Å²) in [6.45, 7) is 0. The van der Waals surface area contributed by atoms with Crippen LogP contribution in [0.25, 0.3) is 0 Å². The summed E-state index contributed by atoms with van der Waals surface area (Å²) in [5, 5.41) is 0. The van der Waals surface area contributed by atoms with Crippen LogP contribution in [-0.2, 0) is 4.94 Å². The Kier molecular flexibility index (Phi) is 2.14. The quantitative estimate of drug-likeness (QED) is 0.499. The minimum absolute atomic E-state index is 1.82. The molecule has 1 nitrogen and oxygen atoms in total. The molecule has 0 N–H and O–H groups in total. The van der Waals surface area contributed by atoms with Crippen LogP contribution >= 0.6 is 0 Å². The summed E-state index contributed by atoms with van der Waals surface area (Å²) in [5.41, 5.74) is 0. The summed E-state index contributed by atoms with van der Waals surface area (Å²) in [5.74, 6) is 0. The van der Waals surface area contributed by atoms with Crippen LogP contribution < -0.4 is 0 Å². The van der Waals surface area contributed by atoms with Gasteiger partial charge in [-0.25, -0.2) is 4.39 Å². The fourth-order valence-corrected chi connectivity index (χ4v) is 0.0505. The molecule has 0 aliphatic carbocycles. The normalized spacial score (nSPS) is 16.1. The molecule has 0 radical (unpaired) electrons. The van der Waals surface area contributed by atoms with Crippen molar-refractivity contribution in [2.24, 2.45) is 0 Å². The van der Waals surface area contributed by atoms with Gasteiger partial charge in [-0.05, 0) is 4.53 Å². The Balaban J connectivity index is 3.62. The average molecular weight is 136 g/mol. The lowest BCUT2D eigenvalue weighted by Crippen LogP contribution is -2.24. The number of hydrogen-bond acceptors (Lipinski definition) is 1. The second kappa shape index (κ2) is 2.25. The van der Waals surface area contributed by atoms with Crippen molar-refractivity contribution in [2.75, 3.05) is 0 Å². The molecular formula is C2HF5O. The average Bonchev–Trinajstić information content (AvgIpc) is 1.62. The minimum Gasteiger partial charge on any atom is -0.202 e. The van der Waals surface area contributed by atoms with E-state index in [1.165, 1.54) is 0 Å². The Labute approximate surface area is 40.9 Å². The van der Waals surface area contributed by atoms with Crippen LogP contribution in [0.4, 0.5) is 22.1 Å². The van der Waals surface area contributed by atoms with Crippen molar-refractivity contribution in [3.05, 3.63) is 0 Å². The zero-order valence-electron chi connectivity index (χ0n) is 3.38. The summed E-state index contributed by atoms with van der Waals surface area (Å²) >= 11 is 0. The van der Waals surface area contributed by atoms with Crippen molar-refractivity contribution in [3.8, 4) is 0 Å². The van der Waals surface area contributed by atoms with Gasteiger partial charge in [-0.3, -0.25) is 0 Å². The van der Waals surface area contributed by atoms with Crippen LogP contribution in [-0.4, -0.2) is 12.5 Å². The first-order valence-electron chi connectivity index (χ1n) is 1.46. The Morgan fingerprint density at radius 1 is 1.25 bits per heavy atom. The molecule has 0 saturated heterocycles. The van der Waals surface area contributed by atoms with Gasteiger partial charge in [0, 0.05) is 0 Å². The summed E-state index contributed by atoms with van der Waals surface area (Å²) < 4.78 is 53.3. The zero-order chi connectivity index (χ0) is 6.78. The predicted molar refractivity (Wildman–Crippen MR) is 13.1 cm³/mol. The van der Waals surface area contributed by atoms with E-state index in [0.29, 0.717) is 0 Å². The maximum atomic E-state index is 10.9. The molecule has 0 amide bonds. The first kappa shape index (κ1) is 7.61. The van der Waals surface area contributed by atoms with Gasteiger partial charge in [-0.1, -0.05) is 0 Å². The molecule has 0 aromatic carbocycles. The summed E-state index contributed by atoms with van der Waals surface area (Å²) in [4.78, 5) is 1.82. The third-order valence-electron chi connectivity index (χ3n) is 0.336. The Morgan fingerprint density at radius 2 is 1.62 bits per heavy atom. The highest BCUT2D eigenvalue weighted by atomic mass is 19.4. The van der Waals surface area contributed by atoms with E-state index in [4.69, 9.17) is 0 Å². The number of alkyl halides is 4. The SMILES string of the molecule is FOC(F)C(F)(F)F. The monoisotopic (exact) mass is 136 g/mol. The van der Waals surface area contributed by atoms with Crippen LogP contribution in [0.5, 0.6) is 0 Å². The maximum Gasteiger partial charge on any atom is 0.448 e. The molecule has 1 unspecified atom stereocenters. The van der Waals surface area contributed by atoms with Crippen molar-refractivity contribution >= 4 is 0 Å². The topological polar surface area (TPSA) is 9.23 Å². The predicted octanol–water partition coefficient (Wildman–Crippen LogP) is 1.75. The molecule has 0 saturated carbocycles. The molecule has 0 spiro atoms. The van der Waals surface area contributed by atoms with Crippen LogP contribution in [0, 0.1) is 0 Å². The highest BCUT2D eigenvalue weighted by molar-refractivity contribution is 4.49. The van der Waals surface area contributed by atoms with E-state index in [1.807, 2.05) is 4.94 Å². The largest absolute Gasteiger partial charge is 0.448 e. The van der Waals surface area contributed by atoms with Crippen molar-refractivity contribution < 1.29 is 27.0 Å². The molecule has 0 aromatic rings. The van der Waals surface area contributed by atoms with Crippen LogP contribution in [0.15, 0.2) is 0 Å². The first-order chi connectivity index (χ1) is 3.48.